The molecule has 0 bridgehead atoms. The molecule has 1 fully saturated rings. The number of aliphatic carboxylic acids is 1. The maximum atomic E-state index is 12.0. The Kier molecular flexibility index (Phi) is 3.57. The highest BCUT2D eigenvalue weighted by Crippen LogP contribution is 2.31. The van der Waals surface area contributed by atoms with Crippen molar-refractivity contribution in [2.45, 2.75) is 12.0 Å². The summed E-state index contributed by atoms with van der Waals surface area (Å²) >= 11 is 1.43. The van der Waals surface area contributed by atoms with Crippen LogP contribution in [-0.2, 0) is 4.79 Å². The number of benzene rings is 1. The van der Waals surface area contributed by atoms with Gasteiger partial charge in [-0.2, -0.15) is 11.8 Å². The lowest BCUT2D eigenvalue weighted by Crippen LogP contribution is -2.54. The molecular formula is C12H13NO5S. The van der Waals surface area contributed by atoms with Gasteiger partial charge in [0.05, 0.1) is 0 Å². The molecule has 6 nitrogen and oxygen atoms in total. The Morgan fingerprint density at radius 3 is 2.37 bits per heavy atom. The van der Waals surface area contributed by atoms with E-state index in [-0.39, 0.29) is 22.8 Å². The highest BCUT2D eigenvalue weighted by molar-refractivity contribution is 7.99. The predicted octanol–water partition coefficient (Wildman–Crippen LogP) is 0.788. The average Bonchev–Trinajstić information content (AvgIpc) is 2.78. The molecular weight excluding hydrogens is 270 g/mol. The van der Waals surface area contributed by atoms with Crippen LogP contribution in [0.5, 0.6) is 11.5 Å². The lowest BCUT2D eigenvalue weighted by molar-refractivity contribution is -0.143. The maximum Gasteiger partial charge on any atom is 0.330 e. The zero-order valence-electron chi connectivity index (χ0n) is 9.92. The number of carboxylic acid groups (broad SMARTS) is 1. The van der Waals surface area contributed by atoms with Crippen molar-refractivity contribution >= 4 is 23.6 Å². The first-order chi connectivity index (χ1) is 8.96. The molecule has 0 aromatic heterocycles. The number of rotatable bonds is 3. The van der Waals surface area contributed by atoms with Crippen molar-refractivity contribution in [3.8, 4) is 11.5 Å². The van der Waals surface area contributed by atoms with Gasteiger partial charge in [0, 0.05) is 5.75 Å². The largest absolute Gasteiger partial charge is 0.507 e. The van der Waals surface area contributed by atoms with Crippen molar-refractivity contribution in [1.82, 2.24) is 5.32 Å². The molecule has 0 saturated carbocycles. The third-order valence-corrected chi connectivity index (χ3v) is 4.22. The first-order valence-electron chi connectivity index (χ1n) is 5.61. The molecule has 7 heteroatoms. The fourth-order valence-electron chi connectivity index (χ4n) is 1.93. The Hall–Kier alpha value is -1.89. The van der Waals surface area contributed by atoms with Crippen LogP contribution in [-0.4, -0.2) is 44.2 Å². The molecule has 1 aliphatic rings. The molecule has 1 aromatic rings. The first kappa shape index (κ1) is 13.5. The number of hydrogen-bond donors (Lipinski definition) is 4. The second kappa shape index (κ2) is 5.00. The number of amides is 1. The van der Waals surface area contributed by atoms with Gasteiger partial charge in [0.15, 0.2) is 0 Å². The molecule has 0 radical (unpaired) electrons. The Morgan fingerprint density at radius 1 is 1.26 bits per heavy atom. The Labute approximate surface area is 113 Å². The number of thioether (sulfide) groups is 1. The van der Waals surface area contributed by atoms with Gasteiger partial charge in [-0.15, -0.1) is 0 Å². The molecule has 1 amide bonds. The second-order valence-electron chi connectivity index (χ2n) is 4.32. The van der Waals surface area contributed by atoms with Crippen molar-refractivity contribution in [2.75, 3.05) is 11.5 Å². The van der Waals surface area contributed by atoms with E-state index in [0.29, 0.717) is 12.2 Å². The molecule has 0 spiro atoms. The van der Waals surface area contributed by atoms with Gasteiger partial charge in [-0.05, 0) is 24.3 Å². The van der Waals surface area contributed by atoms with E-state index < -0.39 is 17.4 Å². The number of phenolic OH excluding ortho intramolecular Hbond substituents is 2. The molecule has 0 aliphatic carbocycles. The van der Waals surface area contributed by atoms with Crippen molar-refractivity contribution < 1.29 is 24.9 Å². The molecule has 1 heterocycles. The van der Waals surface area contributed by atoms with Gasteiger partial charge < -0.3 is 20.6 Å². The minimum absolute atomic E-state index is 0.266. The van der Waals surface area contributed by atoms with Gasteiger partial charge in [0.25, 0.3) is 5.91 Å². The second-order valence-corrected chi connectivity index (χ2v) is 5.42. The third-order valence-electron chi connectivity index (χ3n) is 3.03. The molecule has 2 rings (SSSR count). The summed E-state index contributed by atoms with van der Waals surface area (Å²) in [5, 5.41) is 30.8. The van der Waals surface area contributed by atoms with Gasteiger partial charge in [-0.25, -0.2) is 4.79 Å². The topological polar surface area (TPSA) is 107 Å². The predicted molar refractivity (Wildman–Crippen MR) is 69.5 cm³/mol. The quantitative estimate of drug-likeness (QED) is 0.653. The van der Waals surface area contributed by atoms with Gasteiger partial charge in [-0.3, -0.25) is 4.79 Å². The number of carbonyl (C=O) groups is 2. The van der Waals surface area contributed by atoms with Crippen LogP contribution in [0.2, 0.25) is 0 Å². The van der Waals surface area contributed by atoms with Crippen molar-refractivity contribution in [3.63, 3.8) is 0 Å². The summed E-state index contributed by atoms with van der Waals surface area (Å²) in [6.45, 7) is 0. The van der Waals surface area contributed by atoms with Gasteiger partial charge in [0.2, 0.25) is 0 Å². The third kappa shape index (κ3) is 2.46. The summed E-state index contributed by atoms with van der Waals surface area (Å²) in [5.74, 6) is -1.77. The lowest BCUT2D eigenvalue weighted by atomic mass is 9.98. The van der Waals surface area contributed by atoms with E-state index in [2.05, 4.69) is 5.32 Å². The normalized spacial score (nSPS) is 22.1. The van der Waals surface area contributed by atoms with Crippen molar-refractivity contribution in [2.24, 2.45) is 0 Å². The summed E-state index contributed by atoms with van der Waals surface area (Å²) in [5.41, 5.74) is -1.64. The lowest BCUT2D eigenvalue weighted by Gasteiger charge is -2.24. The fourth-order valence-corrected chi connectivity index (χ4v) is 3.25. The molecule has 1 aliphatic heterocycles. The highest BCUT2D eigenvalue weighted by atomic mass is 32.2. The van der Waals surface area contributed by atoms with E-state index in [4.69, 9.17) is 0 Å². The van der Waals surface area contributed by atoms with E-state index in [9.17, 15) is 24.9 Å². The minimum Gasteiger partial charge on any atom is -0.507 e. The van der Waals surface area contributed by atoms with Gasteiger partial charge in [0.1, 0.15) is 22.6 Å². The highest BCUT2D eigenvalue weighted by Gasteiger charge is 2.43. The zero-order valence-corrected chi connectivity index (χ0v) is 10.7. The van der Waals surface area contributed by atoms with Crippen LogP contribution in [0.25, 0.3) is 0 Å². The molecule has 4 N–H and O–H groups in total. The van der Waals surface area contributed by atoms with E-state index in [1.54, 1.807) is 0 Å². The molecule has 1 aromatic carbocycles. The molecule has 1 unspecified atom stereocenters. The van der Waals surface area contributed by atoms with Gasteiger partial charge >= 0.3 is 5.97 Å². The fraction of sp³-hybridized carbons (Fsp3) is 0.333. The summed E-state index contributed by atoms with van der Waals surface area (Å²) in [4.78, 5) is 23.4. The van der Waals surface area contributed by atoms with Crippen LogP contribution in [0.1, 0.15) is 16.8 Å². The Bertz CT molecular complexity index is 505. The van der Waals surface area contributed by atoms with E-state index >= 15 is 0 Å². The monoisotopic (exact) mass is 283 g/mol. The van der Waals surface area contributed by atoms with Crippen LogP contribution in [0.3, 0.4) is 0 Å². The van der Waals surface area contributed by atoms with Crippen LogP contribution in [0, 0.1) is 0 Å². The number of aromatic hydroxyl groups is 2. The molecule has 19 heavy (non-hydrogen) atoms. The van der Waals surface area contributed by atoms with Crippen LogP contribution in [0.15, 0.2) is 18.2 Å². The summed E-state index contributed by atoms with van der Waals surface area (Å²) < 4.78 is 0. The van der Waals surface area contributed by atoms with E-state index in [1.165, 1.54) is 30.0 Å². The number of nitrogens with one attached hydrogen (secondary N) is 1. The van der Waals surface area contributed by atoms with Gasteiger partial charge in [-0.1, -0.05) is 6.07 Å². The van der Waals surface area contributed by atoms with Crippen LogP contribution in [0.4, 0.5) is 0 Å². The van der Waals surface area contributed by atoms with E-state index in [1.807, 2.05) is 0 Å². The number of carboxylic acids is 1. The Morgan fingerprint density at radius 2 is 1.89 bits per heavy atom. The standard InChI is InChI=1S/C12H13NO5S/c14-7-2-1-3-8(15)9(7)10(16)13-12(11(17)18)4-5-19-6-12/h1-3,14-15H,4-6H2,(H,13,16)(H,17,18). The summed E-state index contributed by atoms with van der Waals surface area (Å²) in [7, 11) is 0. The maximum absolute atomic E-state index is 12.0. The number of carbonyl (C=O) groups excluding carboxylic acids is 1. The average molecular weight is 283 g/mol. The number of hydrogen-bond acceptors (Lipinski definition) is 5. The minimum atomic E-state index is -1.34. The first-order valence-corrected chi connectivity index (χ1v) is 6.76. The van der Waals surface area contributed by atoms with Crippen molar-refractivity contribution in [1.29, 1.82) is 0 Å². The van der Waals surface area contributed by atoms with Crippen LogP contribution >= 0.6 is 11.8 Å². The molecule has 1 atom stereocenters. The molecule has 1 saturated heterocycles. The molecule has 102 valence electrons. The summed E-state index contributed by atoms with van der Waals surface area (Å²) in [6, 6.07) is 3.90. The zero-order chi connectivity index (χ0) is 14.0. The smallest absolute Gasteiger partial charge is 0.330 e. The SMILES string of the molecule is O=C(NC1(C(=O)O)CCSC1)c1c(O)cccc1O. The number of phenols is 2. The summed E-state index contributed by atoms with van der Waals surface area (Å²) in [6.07, 6.45) is 0.313. The van der Waals surface area contributed by atoms with Crippen LogP contribution < -0.4 is 5.32 Å². The van der Waals surface area contributed by atoms with E-state index in [0.717, 1.165) is 0 Å². The Balaban J connectivity index is 2.28. The van der Waals surface area contributed by atoms with Crippen molar-refractivity contribution in [3.05, 3.63) is 23.8 Å².